The van der Waals surface area contributed by atoms with Crippen molar-refractivity contribution in [3.8, 4) is 28.7 Å². The topological polar surface area (TPSA) is 298 Å². The fourth-order valence-corrected chi connectivity index (χ4v) is 13.5. The van der Waals surface area contributed by atoms with Crippen molar-refractivity contribution >= 4 is 42.6 Å². The van der Waals surface area contributed by atoms with Gasteiger partial charge >= 0.3 is 19.5 Å². The summed E-state index contributed by atoms with van der Waals surface area (Å²) in [5.74, 6) is 0.151. The summed E-state index contributed by atoms with van der Waals surface area (Å²) in [5, 5.41) is 15.3. The van der Waals surface area contributed by atoms with Crippen LogP contribution in [0.3, 0.4) is 0 Å². The number of hydrogen-bond donors (Lipinski definition) is 3. The summed E-state index contributed by atoms with van der Waals surface area (Å²) in [6, 6.07) is 49.5. The lowest BCUT2D eigenvalue weighted by Crippen LogP contribution is -2.38. The van der Waals surface area contributed by atoms with Gasteiger partial charge in [0.2, 0.25) is 5.91 Å². The van der Waals surface area contributed by atoms with Gasteiger partial charge in [0, 0.05) is 49.0 Å². The van der Waals surface area contributed by atoms with Gasteiger partial charge in [0.25, 0.3) is 11.5 Å². The fraction of sp³-hybridized carbons (Fsp3) is 0.319. The van der Waals surface area contributed by atoms with Gasteiger partial charge in [0.1, 0.15) is 54.7 Å². The summed E-state index contributed by atoms with van der Waals surface area (Å²) in [5.41, 5.74) is 5.95. The monoisotopic (exact) mass is 1340 g/mol. The lowest BCUT2D eigenvalue weighted by Gasteiger charge is -2.37. The number of carbonyl (C=O) groups is 3. The largest absolute Gasteiger partial charge is 0.497 e. The number of phosphoric ester groups is 1. The molecule has 9 aromatic rings. The average Bonchev–Trinajstić information content (AvgIpc) is 1.65. The maximum absolute atomic E-state index is 15.2. The lowest BCUT2D eigenvalue weighted by atomic mass is 9.80. The van der Waals surface area contributed by atoms with E-state index in [9.17, 15) is 29.2 Å². The number of H-pyrrole nitrogens is 1. The predicted molar refractivity (Wildman–Crippen MR) is 357 cm³/mol. The molecule has 502 valence electrons. The van der Waals surface area contributed by atoms with E-state index in [4.69, 9.17) is 42.0 Å². The third kappa shape index (κ3) is 15.8. The SMILES string of the molecule is CC[C@@H](O[C@@H](C)COP(=O)(OCCC#N)OC1C[C@H](n2cnc3c(NC(=O)c4ccc(CNC(=O)CCCC(=O)OCC5c6ccccc6-c6ccccc65)cc4)ncnc32)O[C@@H]1COC(c1ccccc1)(c1ccc(OC)cc1)c1ccc(OC)cc1)n1cc(C)c(=O)[nH]c1=O. The van der Waals surface area contributed by atoms with Crippen LogP contribution in [0.1, 0.15) is 120 Å². The lowest BCUT2D eigenvalue weighted by molar-refractivity contribution is -0.144. The molecule has 0 saturated carbocycles. The molecule has 6 atom stereocenters. The number of amides is 2. The number of imidazole rings is 1. The van der Waals surface area contributed by atoms with Crippen LogP contribution in [-0.2, 0) is 58.8 Å². The van der Waals surface area contributed by atoms with Crippen molar-refractivity contribution in [3.05, 3.63) is 236 Å². The van der Waals surface area contributed by atoms with Crippen LogP contribution in [-0.4, -0.2) is 106 Å². The van der Waals surface area contributed by atoms with Crippen LogP contribution in [0.5, 0.6) is 11.5 Å². The molecule has 1 fully saturated rings. The second kappa shape index (κ2) is 31.3. The summed E-state index contributed by atoms with van der Waals surface area (Å²) < 4.78 is 73.9. The van der Waals surface area contributed by atoms with Crippen LogP contribution in [0.4, 0.5) is 5.82 Å². The number of aromatic nitrogens is 6. The van der Waals surface area contributed by atoms with Gasteiger partial charge in [-0.25, -0.2) is 24.3 Å². The zero-order valence-corrected chi connectivity index (χ0v) is 55.1. The van der Waals surface area contributed by atoms with Gasteiger partial charge in [-0.2, -0.15) is 5.26 Å². The Morgan fingerprint density at radius 3 is 2.10 bits per heavy atom. The Balaban J connectivity index is 0.790. The molecular weight excluding hydrogens is 1260 g/mol. The van der Waals surface area contributed by atoms with Crippen LogP contribution in [0, 0.1) is 18.3 Å². The first-order valence-corrected chi connectivity index (χ1v) is 33.3. The molecule has 11 rings (SSSR count). The first kappa shape index (κ1) is 68.4. The number of fused-ring (bicyclic) bond motifs is 4. The van der Waals surface area contributed by atoms with Gasteiger partial charge in [0.15, 0.2) is 17.0 Å². The zero-order chi connectivity index (χ0) is 68.1. The average molecular weight is 1340 g/mol. The molecule has 3 aromatic heterocycles. The Kier molecular flexibility index (Phi) is 22.1. The Morgan fingerprint density at radius 1 is 0.804 bits per heavy atom. The van der Waals surface area contributed by atoms with Crippen molar-refractivity contribution in [1.82, 2.24) is 34.4 Å². The highest BCUT2D eigenvalue weighted by atomic mass is 31.2. The van der Waals surface area contributed by atoms with Crippen molar-refractivity contribution in [2.24, 2.45) is 0 Å². The molecule has 1 saturated heterocycles. The predicted octanol–water partition coefficient (Wildman–Crippen LogP) is 11.1. The second-order valence-corrected chi connectivity index (χ2v) is 25.0. The molecule has 1 aliphatic carbocycles. The summed E-state index contributed by atoms with van der Waals surface area (Å²) in [7, 11) is -1.52. The molecule has 2 unspecified atom stereocenters. The molecule has 3 N–H and O–H groups in total. The smallest absolute Gasteiger partial charge is 0.475 e. The quantitative estimate of drug-likeness (QED) is 0.0157. The van der Waals surface area contributed by atoms with E-state index in [1.165, 1.54) is 23.4 Å². The number of rotatable bonds is 31. The number of nitrogens with zero attached hydrogens (tertiary/aromatic N) is 6. The number of phosphoric acid groups is 1. The van der Waals surface area contributed by atoms with Crippen molar-refractivity contribution in [3.63, 3.8) is 0 Å². The summed E-state index contributed by atoms with van der Waals surface area (Å²) in [6.45, 7) is 4.46. The first-order valence-electron chi connectivity index (χ1n) is 31.8. The standard InChI is InChI=1S/C72H74N9O15P/c1-6-63(80-40-46(2)69(84)79-71(80)86)94-47(3)41-93-97(87,92-37-15-36-73)96-60-38-64(95-61(60)43-91-72(50-16-8-7-9-17-50,51-28-32-53(88-4)33-29-51)52-30-34-54(89-5)35-31-52)81-45-77-66-67(75-44-76-68(66)81)78-70(85)49-26-24-48(25-27-49)39-74-62(82)22-14-23-65(83)90-42-59-57-20-12-10-18-55(57)56-19-11-13-21-58(56)59/h7-13,16-21,24-35,40,44-45,47,59-61,63-64H,6,14-15,22-23,37-39,41-43H2,1-5H3,(H,74,82)(H,79,84,86)(H,75,76,78,85)/t47-,60?,61+,63+,64+,97?/m0/s1. The fourth-order valence-electron chi connectivity index (χ4n) is 12.0. The number of ether oxygens (including phenoxy) is 6. The van der Waals surface area contributed by atoms with Crippen molar-refractivity contribution in [2.75, 3.05) is 46.0 Å². The first-order chi connectivity index (χ1) is 47.1. The van der Waals surface area contributed by atoms with Gasteiger partial charge in [0.05, 0.1) is 59.0 Å². The number of anilines is 1. The zero-order valence-electron chi connectivity index (χ0n) is 54.2. The molecule has 24 nitrogen and oxygen atoms in total. The van der Waals surface area contributed by atoms with Crippen molar-refractivity contribution < 1.29 is 60.9 Å². The van der Waals surface area contributed by atoms with E-state index in [1.807, 2.05) is 109 Å². The number of hydrogen-bond acceptors (Lipinski definition) is 19. The minimum atomic E-state index is -4.68. The van der Waals surface area contributed by atoms with Gasteiger partial charge in [-0.15, -0.1) is 0 Å². The maximum atomic E-state index is 15.2. The molecular formula is C72H74N9O15P. The number of methoxy groups -OCH3 is 2. The molecule has 2 amide bonds. The van der Waals surface area contributed by atoms with Crippen LogP contribution in [0.25, 0.3) is 22.3 Å². The maximum Gasteiger partial charge on any atom is 0.475 e. The molecule has 1 aliphatic heterocycles. The second-order valence-electron chi connectivity index (χ2n) is 23.3. The number of esters is 1. The minimum absolute atomic E-state index is 0.0317. The number of nitriles is 1. The Bertz CT molecular complexity index is 4350. The number of nitrogens with one attached hydrogen (secondary N) is 3. The molecule has 0 bridgehead atoms. The van der Waals surface area contributed by atoms with Gasteiger partial charge < -0.3 is 39.1 Å². The van der Waals surface area contributed by atoms with Gasteiger partial charge in [-0.05, 0) is 108 Å². The molecule has 0 spiro atoms. The molecule has 6 aromatic carbocycles. The molecule has 2 aliphatic rings. The highest BCUT2D eigenvalue weighted by molar-refractivity contribution is 7.48. The van der Waals surface area contributed by atoms with Gasteiger partial charge in [-0.3, -0.25) is 46.9 Å². The van der Waals surface area contributed by atoms with Crippen LogP contribution in [0.2, 0.25) is 0 Å². The van der Waals surface area contributed by atoms with E-state index in [1.54, 1.807) is 63.8 Å². The van der Waals surface area contributed by atoms with E-state index >= 15 is 4.57 Å². The molecule has 97 heavy (non-hydrogen) atoms. The van der Waals surface area contributed by atoms with E-state index < -0.39 is 61.3 Å². The summed E-state index contributed by atoms with van der Waals surface area (Å²) in [6.07, 6.45) is -0.0695. The Labute approximate surface area is 559 Å². The summed E-state index contributed by atoms with van der Waals surface area (Å²) in [4.78, 5) is 80.7. The van der Waals surface area contributed by atoms with E-state index in [0.29, 0.717) is 41.0 Å². The van der Waals surface area contributed by atoms with E-state index in [0.717, 1.165) is 33.4 Å². The number of aromatic amines is 1. The highest BCUT2D eigenvalue weighted by Gasteiger charge is 2.47. The number of carbonyl (C=O) groups excluding carboxylic acids is 3. The third-order valence-corrected chi connectivity index (χ3v) is 18.5. The molecule has 4 heterocycles. The van der Waals surface area contributed by atoms with Crippen molar-refractivity contribution in [2.45, 2.75) is 108 Å². The van der Waals surface area contributed by atoms with Crippen LogP contribution >= 0.6 is 7.82 Å². The Hall–Kier alpha value is -9.96. The minimum Gasteiger partial charge on any atom is -0.497 e. The third-order valence-electron chi connectivity index (χ3n) is 17.0. The van der Waals surface area contributed by atoms with Crippen LogP contribution < -0.4 is 31.4 Å². The van der Waals surface area contributed by atoms with E-state index in [2.05, 4.69) is 54.8 Å². The molecule has 25 heteroatoms. The van der Waals surface area contributed by atoms with Crippen LogP contribution in [0.15, 0.2) is 180 Å². The highest BCUT2D eigenvalue weighted by Crippen LogP contribution is 2.54. The van der Waals surface area contributed by atoms with E-state index in [-0.39, 0.29) is 99.0 Å². The van der Waals surface area contributed by atoms with Crippen molar-refractivity contribution in [1.29, 1.82) is 5.26 Å². The normalized spacial score (nSPS) is 16.3. The number of benzene rings is 6. The summed E-state index contributed by atoms with van der Waals surface area (Å²) >= 11 is 0. The number of aryl methyl sites for hydroxylation is 1. The molecule has 0 radical (unpaired) electrons. The van der Waals surface area contributed by atoms with Gasteiger partial charge in [-0.1, -0.05) is 122 Å². The Morgan fingerprint density at radius 2 is 1.45 bits per heavy atom.